The van der Waals surface area contributed by atoms with E-state index in [0.29, 0.717) is 6.07 Å². The van der Waals surface area contributed by atoms with E-state index in [2.05, 4.69) is 0 Å². The van der Waals surface area contributed by atoms with Crippen LogP contribution in [0.4, 0.5) is 10.1 Å². The molecule has 0 radical (unpaired) electrons. The van der Waals surface area contributed by atoms with Crippen LogP contribution >= 0.6 is 0 Å². The minimum Gasteiger partial charge on any atom is -0.479 e. The number of halogens is 1. The minimum absolute atomic E-state index is 0.0829. The fourth-order valence-electron chi connectivity index (χ4n) is 1.11. The fourth-order valence-corrected chi connectivity index (χ4v) is 1.11. The Bertz CT molecular complexity index is 434. The summed E-state index contributed by atoms with van der Waals surface area (Å²) < 4.78 is 13.2. The first-order chi connectivity index (χ1) is 7.41. The summed E-state index contributed by atoms with van der Waals surface area (Å²) in [6, 6.07) is 2.82. The van der Waals surface area contributed by atoms with Crippen molar-refractivity contribution >= 4 is 11.7 Å². The van der Waals surface area contributed by atoms with Crippen LogP contribution in [0.1, 0.15) is 5.56 Å². The van der Waals surface area contributed by atoms with E-state index >= 15 is 0 Å². The molecule has 0 heterocycles. The minimum atomic E-state index is -1.73. The molecule has 1 atom stereocenters. The molecule has 7 heteroatoms. The largest absolute Gasteiger partial charge is 0.479 e. The van der Waals surface area contributed by atoms with Gasteiger partial charge in [0.2, 0.25) is 0 Å². The lowest BCUT2D eigenvalue weighted by atomic mass is 10.1. The van der Waals surface area contributed by atoms with Crippen molar-refractivity contribution in [1.29, 1.82) is 0 Å². The lowest BCUT2D eigenvalue weighted by Gasteiger charge is -2.06. The molecule has 0 aliphatic rings. The van der Waals surface area contributed by atoms with Gasteiger partial charge in [-0.25, -0.2) is 9.18 Å². The van der Waals surface area contributed by atoms with E-state index < -0.39 is 34.9 Å². The third-order valence-electron chi connectivity index (χ3n) is 1.95. The summed E-state index contributed by atoms with van der Waals surface area (Å²) in [5.74, 6) is -2.38. The van der Waals surface area contributed by atoms with Gasteiger partial charge in [-0.3, -0.25) is 10.1 Å². The van der Waals surface area contributed by atoms with E-state index in [4.69, 9.17) is 10.2 Å². The number of rotatable bonds is 4. The molecule has 0 bridgehead atoms. The second-order valence-electron chi connectivity index (χ2n) is 3.09. The Labute approximate surface area is 89.1 Å². The summed E-state index contributed by atoms with van der Waals surface area (Å²) in [4.78, 5) is 19.8. The Balaban J connectivity index is 2.91. The Morgan fingerprint density at radius 2 is 2.19 bits per heavy atom. The second-order valence-corrected chi connectivity index (χ2v) is 3.09. The molecule has 1 aromatic carbocycles. The van der Waals surface area contributed by atoms with Crippen LogP contribution < -0.4 is 0 Å². The molecule has 0 spiro atoms. The van der Waals surface area contributed by atoms with Gasteiger partial charge < -0.3 is 10.2 Å². The summed E-state index contributed by atoms with van der Waals surface area (Å²) in [5, 5.41) is 27.7. The van der Waals surface area contributed by atoms with Gasteiger partial charge in [0.25, 0.3) is 5.69 Å². The Kier molecular flexibility index (Phi) is 3.51. The van der Waals surface area contributed by atoms with E-state index in [1.807, 2.05) is 0 Å². The van der Waals surface area contributed by atoms with Gasteiger partial charge in [0.15, 0.2) is 6.10 Å². The number of aliphatic carboxylic acids is 1. The zero-order valence-corrected chi connectivity index (χ0v) is 7.96. The third-order valence-corrected chi connectivity index (χ3v) is 1.95. The van der Waals surface area contributed by atoms with Crippen LogP contribution in [0.2, 0.25) is 0 Å². The normalized spacial score (nSPS) is 12.1. The molecule has 0 aliphatic heterocycles. The molecule has 86 valence electrons. The molecule has 2 N–H and O–H groups in total. The van der Waals surface area contributed by atoms with Gasteiger partial charge in [0, 0.05) is 12.5 Å². The Morgan fingerprint density at radius 3 is 2.62 bits per heavy atom. The number of aliphatic hydroxyl groups excluding tert-OH is 1. The average molecular weight is 229 g/mol. The molecule has 0 aromatic heterocycles. The number of benzene rings is 1. The maximum Gasteiger partial charge on any atom is 0.332 e. The van der Waals surface area contributed by atoms with Gasteiger partial charge in [-0.2, -0.15) is 0 Å². The third kappa shape index (κ3) is 2.74. The van der Waals surface area contributed by atoms with Crippen molar-refractivity contribution in [2.75, 3.05) is 0 Å². The Morgan fingerprint density at radius 1 is 1.56 bits per heavy atom. The summed E-state index contributed by atoms with van der Waals surface area (Å²) in [6.45, 7) is 0. The molecular weight excluding hydrogens is 221 g/mol. The highest BCUT2D eigenvalue weighted by Crippen LogP contribution is 2.17. The summed E-state index contributed by atoms with van der Waals surface area (Å²) >= 11 is 0. The molecule has 0 fully saturated rings. The van der Waals surface area contributed by atoms with Gasteiger partial charge in [-0.1, -0.05) is 0 Å². The monoisotopic (exact) mass is 229 g/mol. The van der Waals surface area contributed by atoms with Gasteiger partial charge in [-0.05, 0) is 11.6 Å². The van der Waals surface area contributed by atoms with Gasteiger partial charge in [-0.15, -0.1) is 0 Å². The number of carbonyl (C=O) groups is 1. The van der Waals surface area contributed by atoms with Crippen molar-refractivity contribution in [3.8, 4) is 0 Å². The number of carboxylic acid groups (broad SMARTS) is 1. The van der Waals surface area contributed by atoms with Crippen molar-refractivity contribution in [2.45, 2.75) is 12.5 Å². The van der Waals surface area contributed by atoms with Gasteiger partial charge in [0.05, 0.1) is 11.0 Å². The first kappa shape index (κ1) is 12.1. The van der Waals surface area contributed by atoms with Crippen LogP contribution in [0, 0.1) is 15.9 Å². The van der Waals surface area contributed by atoms with Crippen LogP contribution in [-0.4, -0.2) is 27.2 Å². The van der Waals surface area contributed by atoms with Crippen molar-refractivity contribution in [3.63, 3.8) is 0 Å². The van der Waals surface area contributed by atoms with E-state index in [-0.39, 0.29) is 5.56 Å². The molecule has 1 unspecified atom stereocenters. The topological polar surface area (TPSA) is 101 Å². The quantitative estimate of drug-likeness (QED) is 0.585. The lowest BCUT2D eigenvalue weighted by Crippen LogP contribution is -2.22. The number of nitro benzene ring substituents is 1. The standard InChI is InChI=1S/C9H8FNO5/c10-7-4-6(11(15)16)2-1-5(7)3-8(12)9(13)14/h1-2,4,8,12H,3H2,(H,13,14). The van der Waals surface area contributed by atoms with Crippen LogP contribution in [-0.2, 0) is 11.2 Å². The van der Waals surface area contributed by atoms with Crippen molar-refractivity contribution in [1.82, 2.24) is 0 Å². The van der Waals surface area contributed by atoms with Crippen LogP contribution in [0.3, 0.4) is 0 Å². The maximum absolute atomic E-state index is 13.2. The van der Waals surface area contributed by atoms with Crippen molar-refractivity contribution in [3.05, 3.63) is 39.7 Å². The summed E-state index contributed by atoms with van der Waals surface area (Å²) in [7, 11) is 0. The smallest absolute Gasteiger partial charge is 0.332 e. The highest BCUT2D eigenvalue weighted by Gasteiger charge is 2.18. The maximum atomic E-state index is 13.2. The number of nitro groups is 1. The zero-order chi connectivity index (χ0) is 12.3. The SMILES string of the molecule is O=C(O)C(O)Cc1ccc([N+](=O)[O-])cc1F. The molecule has 0 aliphatic carbocycles. The highest BCUT2D eigenvalue weighted by atomic mass is 19.1. The van der Waals surface area contributed by atoms with E-state index in [1.54, 1.807) is 0 Å². The number of aliphatic hydroxyl groups is 1. The fraction of sp³-hybridized carbons (Fsp3) is 0.222. The number of non-ortho nitro benzene ring substituents is 1. The molecule has 6 nitrogen and oxygen atoms in total. The summed E-state index contributed by atoms with van der Waals surface area (Å²) in [6.07, 6.45) is -2.16. The molecular formula is C9H8FNO5. The molecule has 1 rings (SSSR count). The molecule has 0 saturated heterocycles. The molecule has 0 amide bonds. The van der Waals surface area contributed by atoms with E-state index in [9.17, 15) is 19.3 Å². The number of hydrogen-bond donors (Lipinski definition) is 2. The molecule has 16 heavy (non-hydrogen) atoms. The van der Waals surface area contributed by atoms with Crippen molar-refractivity contribution < 1.29 is 24.3 Å². The van der Waals surface area contributed by atoms with Gasteiger partial charge >= 0.3 is 5.97 Å². The summed E-state index contributed by atoms with van der Waals surface area (Å²) in [5.41, 5.74) is -0.508. The zero-order valence-electron chi connectivity index (χ0n) is 7.96. The average Bonchev–Trinajstić information content (AvgIpc) is 2.20. The van der Waals surface area contributed by atoms with Crippen LogP contribution in [0.5, 0.6) is 0 Å². The first-order valence-electron chi connectivity index (χ1n) is 4.25. The number of carboxylic acids is 1. The predicted molar refractivity (Wildman–Crippen MR) is 50.4 cm³/mol. The second kappa shape index (κ2) is 4.67. The first-order valence-corrected chi connectivity index (χ1v) is 4.25. The van der Waals surface area contributed by atoms with E-state index in [1.165, 1.54) is 0 Å². The molecule has 1 aromatic rings. The number of hydrogen-bond acceptors (Lipinski definition) is 4. The van der Waals surface area contributed by atoms with Crippen LogP contribution in [0.25, 0.3) is 0 Å². The van der Waals surface area contributed by atoms with E-state index in [0.717, 1.165) is 12.1 Å². The van der Waals surface area contributed by atoms with Gasteiger partial charge in [0.1, 0.15) is 5.82 Å². The lowest BCUT2D eigenvalue weighted by molar-refractivity contribution is -0.385. The number of nitrogens with zero attached hydrogens (tertiary/aromatic N) is 1. The van der Waals surface area contributed by atoms with Crippen molar-refractivity contribution in [2.24, 2.45) is 0 Å². The van der Waals surface area contributed by atoms with Crippen LogP contribution in [0.15, 0.2) is 18.2 Å². The highest BCUT2D eigenvalue weighted by molar-refractivity contribution is 5.72. The predicted octanol–water partition coefficient (Wildman–Crippen LogP) is 0.722. The Hall–Kier alpha value is -2.02. The molecule has 0 saturated carbocycles.